The van der Waals surface area contributed by atoms with Crippen molar-refractivity contribution in [3.05, 3.63) is 81.4 Å². The van der Waals surface area contributed by atoms with Gasteiger partial charge in [-0.05, 0) is 30.2 Å². The lowest BCUT2D eigenvalue weighted by atomic mass is 9.92. The number of ether oxygens (including phenoxy) is 1. The number of urea groups is 1. The topological polar surface area (TPSA) is 102 Å². The summed E-state index contributed by atoms with van der Waals surface area (Å²) in [7, 11) is 1.57. The van der Waals surface area contributed by atoms with E-state index in [-0.39, 0.29) is 17.9 Å². The minimum atomic E-state index is -0.793. The Morgan fingerprint density at radius 3 is 2.39 bits per heavy atom. The van der Waals surface area contributed by atoms with Crippen LogP contribution in [0.5, 0.6) is 0 Å². The van der Waals surface area contributed by atoms with Crippen LogP contribution in [0.1, 0.15) is 24.1 Å². The number of non-ortho nitro benzene ring substituents is 1. The first-order chi connectivity index (χ1) is 13.4. The number of benzene rings is 2. The van der Waals surface area contributed by atoms with Crippen LogP contribution < -0.4 is 5.32 Å². The zero-order chi connectivity index (χ0) is 20.3. The molecule has 8 nitrogen and oxygen atoms in total. The van der Waals surface area contributed by atoms with Gasteiger partial charge in [-0.2, -0.15) is 0 Å². The third-order valence-electron chi connectivity index (χ3n) is 4.43. The van der Waals surface area contributed by atoms with Gasteiger partial charge < -0.3 is 10.1 Å². The lowest BCUT2D eigenvalue weighted by Crippen LogP contribution is -2.46. The van der Waals surface area contributed by atoms with E-state index in [2.05, 4.69) is 5.32 Å². The predicted octanol–water partition coefficient (Wildman–Crippen LogP) is 3.27. The zero-order valence-electron chi connectivity index (χ0n) is 15.4. The highest BCUT2D eigenvalue weighted by atomic mass is 16.6. The van der Waals surface area contributed by atoms with Gasteiger partial charge in [0.2, 0.25) is 0 Å². The molecule has 1 aliphatic rings. The van der Waals surface area contributed by atoms with Crippen molar-refractivity contribution < 1.29 is 19.2 Å². The molecule has 1 heterocycles. The molecule has 1 unspecified atom stereocenters. The van der Waals surface area contributed by atoms with Crippen LogP contribution in [0.15, 0.2) is 60.2 Å². The molecule has 0 fully saturated rings. The highest BCUT2D eigenvalue weighted by Gasteiger charge is 2.37. The van der Waals surface area contributed by atoms with Gasteiger partial charge in [-0.15, -0.1) is 0 Å². The quantitative estimate of drug-likeness (QED) is 0.487. The maximum atomic E-state index is 12.8. The van der Waals surface area contributed by atoms with E-state index in [0.717, 1.165) is 0 Å². The van der Waals surface area contributed by atoms with Gasteiger partial charge in [-0.1, -0.05) is 30.3 Å². The van der Waals surface area contributed by atoms with Crippen LogP contribution in [0.2, 0.25) is 0 Å². The van der Waals surface area contributed by atoms with E-state index in [1.165, 1.54) is 29.2 Å². The Labute approximate surface area is 161 Å². The summed E-state index contributed by atoms with van der Waals surface area (Å²) in [5.41, 5.74) is 1.86. The summed E-state index contributed by atoms with van der Waals surface area (Å²) in [5, 5.41) is 13.7. The summed E-state index contributed by atoms with van der Waals surface area (Å²) >= 11 is 0. The van der Waals surface area contributed by atoms with Gasteiger partial charge in [-0.25, -0.2) is 9.59 Å². The number of nitro benzene ring substituents is 1. The van der Waals surface area contributed by atoms with Crippen molar-refractivity contribution in [1.29, 1.82) is 0 Å². The number of rotatable bonds is 5. The van der Waals surface area contributed by atoms with Gasteiger partial charge in [0.25, 0.3) is 5.69 Å². The van der Waals surface area contributed by atoms with Gasteiger partial charge in [0.05, 0.1) is 28.8 Å². The average molecular weight is 381 g/mol. The Kier molecular flexibility index (Phi) is 5.39. The largest absolute Gasteiger partial charge is 0.463 e. The number of nitrogens with one attached hydrogen (secondary N) is 1. The minimum Gasteiger partial charge on any atom is -0.463 e. The smallest absolute Gasteiger partial charge is 0.338 e. The maximum Gasteiger partial charge on any atom is 0.338 e. The normalized spacial score (nSPS) is 16.6. The minimum absolute atomic E-state index is 0.0760. The third kappa shape index (κ3) is 3.57. The number of amides is 2. The van der Waals surface area contributed by atoms with Gasteiger partial charge >= 0.3 is 12.0 Å². The Hall–Kier alpha value is -3.68. The van der Waals surface area contributed by atoms with Crippen LogP contribution in [0, 0.1) is 10.1 Å². The van der Waals surface area contributed by atoms with Crippen molar-refractivity contribution in [2.24, 2.45) is 0 Å². The predicted molar refractivity (Wildman–Crippen MR) is 102 cm³/mol. The molecular weight excluding hydrogens is 362 g/mol. The van der Waals surface area contributed by atoms with Gasteiger partial charge in [-0.3, -0.25) is 15.0 Å². The van der Waals surface area contributed by atoms with Gasteiger partial charge in [0.1, 0.15) is 0 Å². The molecule has 0 aliphatic carbocycles. The van der Waals surface area contributed by atoms with Crippen molar-refractivity contribution in [1.82, 2.24) is 10.2 Å². The van der Waals surface area contributed by atoms with E-state index in [1.807, 2.05) is 18.2 Å². The SMILES string of the molecule is CCOC(=O)C1=C(c2ccccc2)N(C)C(=O)NC1c1ccc([N+](=O)[O-])cc1. The number of carbonyl (C=O) groups excluding carboxylic acids is 2. The summed E-state index contributed by atoms with van der Waals surface area (Å²) in [6.07, 6.45) is 0. The molecule has 2 aromatic carbocycles. The molecule has 2 amide bonds. The van der Waals surface area contributed by atoms with Crippen LogP contribution >= 0.6 is 0 Å². The Morgan fingerprint density at radius 1 is 1.18 bits per heavy atom. The molecule has 1 aliphatic heterocycles. The van der Waals surface area contributed by atoms with Crippen LogP contribution in [0.4, 0.5) is 10.5 Å². The van der Waals surface area contributed by atoms with E-state index < -0.39 is 23.0 Å². The highest BCUT2D eigenvalue weighted by Crippen LogP contribution is 2.36. The van der Waals surface area contributed by atoms with Gasteiger partial charge in [0.15, 0.2) is 0 Å². The molecule has 3 rings (SSSR count). The molecule has 1 N–H and O–H groups in total. The molecule has 28 heavy (non-hydrogen) atoms. The molecule has 1 atom stereocenters. The fraction of sp³-hybridized carbons (Fsp3) is 0.200. The molecule has 8 heteroatoms. The van der Waals surface area contributed by atoms with Crippen LogP contribution in [-0.4, -0.2) is 35.5 Å². The van der Waals surface area contributed by atoms with Crippen molar-refractivity contribution >= 4 is 23.4 Å². The third-order valence-corrected chi connectivity index (χ3v) is 4.43. The second kappa shape index (κ2) is 7.91. The molecule has 0 aromatic heterocycles. The van der Waals surface area contributed by atoms with Crippen molar-refractivity contribution in [3.63, 3.8) is 0 Å². The fourth-order valence-corrected chi connectivity index (χ4v) is 3.12. The van der Waals surface area contributed by atoms with Crippen molar-refractivity contribution in [3.8, 4) is 0 Å². The summed E-state index contributed by atoms with van der Waals surface area (Å²) < 4.78 is 5.25. The second-order valence-corrected chi connectivity index (χ2v) is 6.14. The van der Waals surface area contributed by atoms with E-state index >= 15 is 0 Å². The first-order valence-electron chi connectivity index (χ1n) is 8.69. The molecule has 0 radical (unpaired) electrons. The summed E-state index contributed by atoms with van der Waals surface area (Å²) in [4.78, 5) is 37.2. The Bertz CT molecular complexity index is 938. The van der Waals surface area contributed by atoms with E-state index in [9.17, 15) is 19.7 Å². The fourth-order valence-electron chi connectivity index (χ4n) is 3.12. The van der Waals surface area contributed by atoms with Crippen molar-refractivity contribution in [2.45, 2.75) is 13.0 Å². The standard InChI is InChI=1S/C20H19N3O5/c1-3-28-19(24)16-17(13-9-11-15(12-10-13)23(26)27)21-20(25)22(2)18(16)14-7-5-4-6-8-14/h4-12,17H,3H2,1-2H3,(H,21,25). The molecule has 0 saturated heterocycles. The van der Waals surface area contributed by atoms with Crippen molar-refractivity contribution in [2.75, 3.05) is 13.7 Å². The van der Waals surface area contributed by atoms with Crippen LogP contribution in [0.3, 0.4) is 0 Å². The van der Waals surface area contributed by atoms with E-state index in [4.69, 9.17) is 4.74 Å². The lowest BCUT2D eigenvalue weighted by molar-refractivity contribution is -0.384. The number of carbonyl (C=O) groups is 2. The monoisotopic (exact) mass is 381 g/mol. The Morgan fingerprint density at radius 2 is 1.82 bits per heavy atom. The average Bonchev–Trinajstić information content (AvgIpc) is 2.70. The number of nitrogens with zero attached hydrogens (tertiary/aromatic N) is 2. The molecular formula is C20H19N3O5. The summed E-state index contributed by atoms with van der Waals surface area (Å²) in [6.45, 7) is 1.88. The zero-order valence-corrected chi connectivity index (χ0v) is 15.4. The number of hydrogen-bond acceptors (Lipinski definition) is 5. The number of nitro groups is 1. The first kappa shape index (κ1) is 19.1. The molecule has 0 spiro atoms. The van der Waals surface area contributed by atoms with Gasteiger partial charge in [0, 0.05) is 19.2 Å². The summed E-state index contributed by atoms with van der Waals surface area (Å²) in [5.74, 6) is -0.559. The number of esters is 1. The van der Waals surface area contributed by atoms with E-state index in [0.29, 0.717) is 16.8 Å². The number of hydrogen-bond donors (Lipinski definition) is 1. The van der Waals surface area contributed by atoms with Crippen LogP contribution in [-0.2, 0) is 9.53 Å². The molecule has 0 bridgehead atoms. The molecule has 2 aromatic rings. The maximum absolute atomic E-state index is 12.8. The lowest BCUT2D eigenvalue weighted by Gasteiger charge is -2.34. The summed E-state index contributed by atoms with van der Waals surface area (Å²) in [6, 6.07) is 13.6. The highest BCUT2D eigenvalue weighted by molar-refractivity contribution is 6.04. The first-order valence-corrected chi connectivity index (χ1v) is 8.69. The molecule has 144 valence electrons. The Balaban J connectivity index is 2.19. The van der Waals surface area contributed by atoms with Crippen LogP contribution in [0.25, 0.3) is 5.70 Å². The van der Waals surface area contributed by atoms with E-state index in [1.54, 1.807) is 26.1 Å². The molecule has 0 saturated carbocycles. The second-order valence-electron chi connectivity index (χ2n) is 6.14.